The highest BCUT2D eigenvalue weighted by molar-refractivity contribution is 5.28. The third-order valence-electron chi connectivity index (χ3n) is 3.55. The lowest BCUT2D eigenvalue weighted by Gasteiger charge is -2.19. The van der Waals surface area contributed by atoms with Gasteiger partial charge in [0.15, 0.2) is 0 Å². The molecule has 1 unspecified atom stereocenters. The van der Waals surface area contributed by atoms with E-state index in [9.17, 15) is 0 Å². The van der Waals surface area contributed by atoms with Crippen molar-refractivity contribution >= 4 is 0 Å². The molecule has 0 amide bonds. The molecule has 1 N–H and O–H groups in total. The predicted molar refractivity (Wildman–Crippen MR) is 84.5 cm³/mol. The van der Waals surface area contributed by atoms with Gasteiger partial charge in [0, 0.05) is 6.07 Å². The second-order valence-electron chi connectivity index (χ2n) is 5.14. The summed E-state index contributed by atoms with van der Waals surface area (Å²) in [6.07, 6.45) is 2.00. The maximum absolute atomic E-state index is 5.07. The Kier molecular flexibility index (Phi) is 5.69. The van der Waals surface area contributed by atoms with Gasteiger partial charge in [0.2, 0.25) is 5.88 Å². The lowest BCUT2D eigenvalue weighted by Crippen LogP contribution is -2.25. The first-order valence-electron chi connectivity index (χ1n) is 7.40. The number of benzene rings is 1. The van der Waals surface area contributed by atoms with Gasteiger partial charge in [-0.05, 0) is 43.5 Å². The Hall–Kier alpha value is -1.94. The summed E-state index contributed by atoms with van der Waals surface area (Å²) in [5.74, 6) is 0.545. The molecule has 0 aliphatic heterocycles. The number of nitrogens with one attached hydrogen (secondary N) is 1. The lowest BCUT2D eigenvalue weighted by molar-refractivity contribution is 0.389. The fraction of sp³-hybridized carbons (Fsp3) is 0.412. The van der Waals surface area contributed by atoms with Gasteiger partial charge in [-0.2, -0.15) is 5.10 Å². The van der Waals surface area contributed by atoms with E-state index in [4.69, 9.17) is 4.74 Å². The van der Waals surface area contributed by atoms with E-state index in [-0.39, 0.29) is 6.04 Å². The van der Waals surface area contributed by atoms with E-state index in [1.54, 1.807) is 7.11 Å². The van der Waals surface area contributed by atoms with Crippen molar-refractivity contribution in [3.63, 3.8) is 0 Å². The predicted octanol–water partition coefficient (Wildman–Crippen LogP) is 3.08. The van der Waals surface area contributed by atoms with Crippen LogP contribution in [0.4, 0.5) is 0 Å². The van der Waals surface area contributed by atoms with E-state index in [1.165, 1.54) is 11.1 Å². The number of methoxy groups -OCH3 is 1. The molecule has 4 heteroatoms. The van der Waals surface area contributed by atoms with Crippen LogP contribution in [0.1, 0.15) is 36.2 Å². The zero-order valence-corrected chi connectivity index (χ0v) is 13.0. The number of hydrogen-bond donors (Lipinski definition) is 1. The average molecular weight is 285 g/mol. The summed E-state index contributed by atoms with van der Waals surface area (Å²) < 4.78 is 5.07. The van der Waals surface area contributed by atoms with Crippen LogP contribution in [0.3, 0.4) is 0 Å². The molecule has 1 aromatic carbocycles. The first kappa shape index (κ1) is 15.4. The Morgan fingerprint density at radius 1 is 1.14 bits per heavy atom. The van der Waals surface area contributed by atoms with Crippen LogP contribution >= 0.6 is 0 Å². The summed E-state index contributed by atoms with van der Waals surface area (Å²) in [6, 6.07) is 12.5. The highest BCUT2D eigenvalue weighted by atomic mass is 16.5. The molecule has 0 saturated heterocycles. The lowest BCUT2D eigenvalue weighted by atomic mass is 9.99. The first-order chi connectivity index (χ1) is 10.2. The molecule has 1 heterocycles. The summed E-state index contributed by atoms with van der Waals surface area (Å²) in [4.78, 5) is 0. The van der Waals surface area contributed by atoms with Crippen molar-refractivity contribution < 1.29 is 4.74 Å². The van der Waals surface area contributed by atoms with Gasteiger partial charge in [0.05, 0.1) is 18.8 Å². The van der Waals surface area contributed by atoms with Crippen LogP contribution in [-0.2, 0) is 6.42 Å². The first-order valence-corrected chi connectivity index (χ1v) is 7.40. The van der Waals surface area contributed by atoms with Crippen LogP contribution < -0.4 is 10.1 Å². The molecule has 4 nitrogen and oxygen atoms in total. The van der Waals surface area contributed by atoms with Gasteiger partial charge < -0.3 is 10.1 Å². The number of aryl methyl sites for hydroxylation is 1. The molecule has 2 aromatic rings. The van der Waals surface area contributed by atoms with Crippen molar-refractivity contribution in [3.8, 4) is 5.88 Å². The third-order valence-corrected chi connectivity index (χ3v) is 3.55. The molecule has 1 aromatic heterocycles. The minimum absolute atomic E-state index is 0.171. The number of hydrogen-bond acceptors (Lipinski definition) is 4. The van der Waals surface area contributed by atoms with Crippen molar-refractivity contribution in [3.05, 3.63) is 53.2 Å². The number of rotatable bonds is 7. The minimum atomic E-state index is 0.171. The highest BCUT2D eigenvalue weighted by Gasteiger charge is 2.14. The van der Waals surface area contributed by atoms with Crippen molar-refractivity contribution in [2.75, 3.05) is 13.7 Å². The molecule has 0 spiro atoms. The monoisotopic (exact) mass is 285 g/mol. The zero-order valence-electron chi connectivity index (χ0n) is 13.0. The Morgan fingerprint density at radius 2 is 1.95 bits per heavy atom. The maximum Gasteiger partial charge on any atom is 0.233 e. The summed E-state index contributed by atoms with van der Waals surface area (Å²) >= 11 is 0. The van der Waals surface area contributed by atoms with Gasteiger partial charge in [0.1, 0.15) is 0 Å². The van der Waals surface area contributed by atoms with Crippen LogP contribution in [0.25, 0.3) is 0 Å². The summed E-state index contributed by atoms with van der Waals surface area (Å²) in [5.41, 5.74) is 3.60. The van der Waals surface area contributed by atoms with Crippen molar-refractivity contribution in [1.82, 2.24) is 15.5 Å². The Balaban J connectivity index is 2.18. The van der Waals surface area contributed by atoms with E-state index < -0.39 is 0 Å². The Labute approximate surface area is 126 Å². The van der Waals surface area contributed by atoms with Gasteiger partial charge in [-0.1, -0.05) is 31.2 Å². The zero-order chi connectivity index (χ0) is 15.1. The van der Waals surface area contributed by atoms with Crippen molar-refractivity contribution in [1.29, 1.82) is 0 Å². The van der Waals surface area contributed by atoms with Gasteiger partial charge in [-0.15, -0.1) is 5.10 Å². The van der Waals surface area contributed by atoms with Crippen LogP contribution in [0, 0.1) is 6.92 Å². The maximum atomic E-state index is 5.07. The molecule has 0 bridgehead atoms. The molecule has 0 radical (unpaired) electrons. The molecule has 112 valence electrons. The van der Waals surface area contributed by atoms with Crippen LogP contribution in [0.15, 0.2) is 36.4 Å². The quantitative estimate of drug-likeness (QED) is 0.849. The number of ether oxygens (including phenoxy) is 1. The Morgan fingerprint density at radius 3 is 2.57 bits per heavy atom. The largest absolute Gasteiger partial charge is 0.480 e. The topological polar surface area (TPSA) is 47.0 Å². The molecule has 1 atom stereocenters. The summed E-state index contributed by atoms with van der Waals surface area (Å²) in [5, 5.41) is 11.9. The second-order valence-corrected chi connectivity index (χ2v) is 5.14. The standard InChI is InChI=1S/C17H23N3O/c1-4-11-18-16(12-14-8-6-5-7-13(14)2)15-9-10-17(21-3)20-19-15/h5-10,16,18H,4,11-12H2,1-3H3. The van der Waals surface area contributed by atoms with E-state index in [1.807, 2.05) is 12.1 Å². The molecule has 0 saturated carbocycles. The second kappa shape index (κ2) is 7.74. The number of nitrogens with zero attached hydrogens (tertiary/aromatic N) is 2. The average Bonchev–Trinajstić information content (AvgIpc) is 2.53. The van der Waals surface area contributed by atoms with Crippen LogP contribution in [-0.4, -0.2) is 23.9 Å². The summed E-state index contributed by atoms with van der Waals surface area (Å²) in [6.45, 7) is 5.27. The van der Waals surface area contributed by atoms with Crippen molar-refractivity contribution in [2.24, 2.45) is 0 Å². The van der Waals surface area contributed by atoms with E-state index in [0.717, 1.165) is 25.1 Å². The molecular weight excluding hydrogens is 262 g/mol. The SMILES string of the molecule is CCCNC(Cc1ccccc1C)c1ccc(OC)nn1. The Bertz CT molecular complexity index is 554. The van der Waals surface area contributed by atoms with Gasteiger partial charge in [0.25, 0.3) is 0 Å². The number of aromatic nitrogens is 2. The molecule has 0 fully saturated rings. The van der Waals surface area contributed by atoms with Gasteiger partial charge in [-0.3, -0.25) is 0 Å². The van der Waals surface area contributed by atoms with Gasteiger partial charge in [-0.25, -0.2) is 0 Å². The smallest absolute Gasteiger partial charge is 0.233 e. The van der Waals surface area contributed by atoms with Crippen molar-refractivity contribution in [2.45, 2.75) is 32.7 Å². The van der Waals surface area contributed by atoms with E-state index in [2.05, 4.69) is 53.6 Å². The van der Waals surface area contributed by atoms with Gasteiger partial charge >= 0.3 is 0 Å². The van der Waals surface area contributed by atoms with E-state index in [0.29, 0.717) is 5.88 Å². The minimum Gasteiger partial charge on any atom is -0.480 e. The fourth-order valence-corrected chi connectivity index (χ4v) is 2.28. The van der Waals surface area contributed by atoms with Crippen LogP contribution in [0.5, 0.6) is 5.88 Å². The van der Waals surface area contributed by atoms with Crippen LogP contribution in [0.2, 0.25) is 0 Å². The fourth-order valence-electron chi connectivity index (χ4n) is 2.28. The molecule has 0 aliphatic carbocycles. The molecule has 21 heavy (non-hydrogen) atoms. The molecule has 0 aliphatic rings. The molecular formula is C17H23N3O. The highest BCUT2D eigenvalue weighted by Crippen LogP contribution is 2.19. The normalized spacial score (nSPS) is 12.1. The summed E-state index contributed by atoms with van der Waals surface area (Å²) in [7, 11) is 1.60. The van der Waals surface area contributed by atoms with E-state index >= 15 is 0 Å². The third kappa shape index (κ3) is 4.26. The molecule has 2 rings (SSSR count).